The van der Waals surface area contributed by atoms with Gasteiger partial charge in [-0.1, -0.05) is 6.07 Å². The lowest BCUT2D eigenvalue weighted by Crippen LogP contribution is -2.05. The predicted molar refractivity (Wildman–Crippen MR) is 75.7 cm³/mol. The first-order chi connectivity index (χ1) is 9.15. The zero-order valence-electron chi connectivity index (χ0n) is 9.65. The van der Waals surface area contributed by atoms with Crippen molar-refractivity contribution in [3.05, 3.63) is 57.4 Å². The maximum atomic E-state index is 13.6. The van der Waals surface area contributed by atoms with E-state index in [2.05, 4.69) is 32.7 Å². The van der Waals surface area contributed by atoms with Gasteiger partial charge in [-0.15, -0.1) is 0 Å². The summed E-state index contributed by atoms with van der Waals surface area (Å²) in [5.41, 5.74) is 1.07. The van der Waals surface area contributed by atoms with E-state index in [4.69, 9.17) is 0 Å². The number of aromatic nitrogens is 3. The van der Waals surface area contributed by atoms with Gasteiger partial charge in [0.05, 0.1) is 11.9 Å². The summed E-state index contributed by atoms with van der Waals surface area (Å²) >= 11 is 2.11. The molecule has 3 nitrogen and oxygen atoms in total. The van der Waals surface area contributed by atoms with E-state index in [-0.39, 0.29) is 6.54 Å². The average Bonchev–Trinajstić information content (AvgIpc) is 2.71. The Balaban J connectivity index is 2.06. The van der Waals surface area contributed by atoms with E-state index < -0.39 is 11.6 Å². The van der Waals surface area contributed by atoms with Crippen LogP contribution in [0.3, 0.4) is 0 Å². The summed E-state index contributed by atoms with van der Waals surface area (Å²) in [5.74, 6) is -1.16. The molecule has 0 unspecified atom stereocenters. The molecule has 0 fully saturated rings. The van der Waals surface area contributed by atoms with Crippen molar-refractivity contribution in [1.29, 1.82) is 0 Å². The highest BCUT2D eigenvalue weighted by Crippen LogP contribution is 2.19. The molecule has 0 spiro atoms. The Bertz CT molecular complexity index is 755. The number of nitrogens with zero attached hydrogens (tertiary/aromatic N) is 3. The molecule has 0 aliphatic carbocycles. The second kappa shape index (κ2) is 4.84. The summed E-state index contributed by atoms with van der Waals surface area (Å²) in [6, 6.07) is 7.28. The maximum absolute atomic E-state index is 13.6. The summed E-state index contributed by atoms with van der Waals surface area (Å²) < 4.78 is 28.9. The van der Waals surface area contributed by atoms with Crippen LogP contribution in [0.4, 0.5) is 8.78 Å². The number of hydrogen-bond acceptors (Lipinski definition) is 2. The molecular weight excluding hydrogens is 363 g/mol. The summed E-state index contributed by atoms with van der Waals surface area (Å²) in [4.78, 5) is 4.24. The van der Waals surface area contributed by atoms with Crippen molar-refractivity contribution >= 4 is 33.6 Å². The average molecular weight is 371 g/mol. The molecule has 3 aromatic rings. The van der Waals surface area contributed by atoms with Crippen LogP contribution in [0.15, 0.2) is 36.5 Å². The molecule has 1 aromatic carbocycles. The first kappa shape index (κ1) is 12.5. The van der Waals surface area contributed by atoms with E-state index in [0.29, 0.717) is 11.2 Å². The van der Waals surface area contributed by atoms with Crippen LogP contribution in [0.1, 0.15) is 5.56 Å². The zero-order valence-corrected chi connectivity index (χ0v) is 11.8. The summed E-state index contributed by atoms with van der Waals surface area (Å²) in [6.07, 6.45) is 1.66. The van der Waals surface area contributed by atoms with Crippen molar-refractivity contribution in [2.45, 2.75) is 6.54 Å². The number of rotatable bonds is 2. The van der Waals surface area contributed by atoms with E-state index in [1.807, 2.05) is 12.1 Å². The maximum Gasteiger partial charge on any atom is 0.159 e. The monoisotopic (exact) mass is 371 g/mol. The fraction of sp³-hybridized carbons (Fsp3) is 0.0769. The number of fused-ring (bicyclic) bond motifs is 1. The SMILES string of the molecule is Fc1ccc(Cn2nc(I)c3cccnc32)c(F)c1. The first-order valence-corrected chi connectivity index (χ1v) is 6.64. The summed E-state index contributed by atoms with van der Waals surface area (Å²) in [7, 11) is 0. The quantitative estimate of drug-likeness (QED) is 0.647. The fourth-order valence-electron chi connectivity index (χ4n) is 1.89. The Kier molecular flexibility index (Phi) is 3.17. The van der Waals surface area contributed by atoms with Crippen molar-refractivity contribution < 1.29 is 8.78 Å². The van der Waals surface area contributed by atoms with Gasteiger partial charge in [0.1, 0.15) is 15.3 Å². The Morgan fingerprint density at radius 3 is 2.84 bits per heavy atom. The topological polar surface area (TPSA) is 30.7 Å². The molecule has 0 amide bonds. The summed E-state index contributed by atoms with van der Waals surface area (Å²) in [6.45, 7) is 0.225. The van der Waals surface area contributed by atoms with Gasteiger partial charge < -0.3 is 0 Å². The molecular formula is C13H8F2IN3. The van der Waals surface area contributed by atoms with Crippen molar-refractivity contribution in [3.63, 3.8) is 0 Å². The van der Waals surface area contributed by atoms with E-state index >= 15 is 0 Å². The van der Waals surface area contributed by atoms with Crippen molar-refractivity contribution in [2.75, 3.05) is 0 Å². The van der Waals surface area contributed by atoms with Crippen LogP contribution in [0, 0.1) is 15.3 Å². The smallest absolute Gasteiger partial charge is 0.159 e. The van der Waals surface area contributed by atoms with Gasteiger partial charge in [-0.2, -0.15) is 5.10 Å². The van der Waals surface area contributed by atoms with Gasteiger partial charge in [-0.3, -0.25) is 0 Å². The minimum atomic E-state index is -0.584. The number of pyridine rings is 1. The molecule has 0 atom stereocenters. The Morgan fingerprint density at radius 1 is 1.21 bits per heavy atom. The van der Waals surface area contributed by atoms with Gasteiger partial charge in [0.2, 0.25) is 0 Å². The van der Waals surface area contributed by atoms with Crippen molar-refractivity contribution in [1.82, 2.24) is 14.8 Å². The lowest BCUT2D eigenvalue weighted by molar-refractivity contribution is 0.560. The zero-order chi connectivity index (χ0) is 13.4. The molecule has 19 heavy (non-hydrogen) atoms. The minimum absolute atomic E-state index is 0.225. The van der Waals surface area contributed by atoms with E-state index in [0.717, 1.165) is 15.2 Å². The highest BCUT2D eigenvalue weighted by Gasteiger charge is 2.11. The highest BCUT2D eigenvalue weighted by atomic mass is 127. The number of hydrogen-bond donors (Lipinski definition) is 0. The van der Waals surface area contributed by atoms with Crippen LogP contribution < -0.4 is 0 Å². The molecule has 96 valence electrons. The lowest BCUT2D eigenvalue weighted by atomic mass is 10.2. The number of benzene rings is 1. The van der Waals surface area contributed by atoms with Gasteiger partial charge in [0.15, 0.2) is 5.65 Å². The van der Waals surface area contributed by atoms with Crippen LogP contribution in [-0.2, 0) is 6.54 Å². The molecule has 2 heterocycles. The van der Waals surface area contributed by atoms with Crippen LogP contribution in [0.5, 0.6) is 0 Å². The second-order valence-electron chi connectivity index (χ2n) is 4.06. The summed E-state index contributed by atoms with van der Waals surface area (Å²) in [5, 5.41) is 5.25. The molecule has 0 N–H and O–H groups in total. The predicted octanol–water partition coefficient (Wildman–Crippen LogP) is 3.36. The third-order valence-corrected chi connectivity index (χ3v) is 3.59. The normalized spacial score (nSPS) is 11.1. The van der Waals surface area contributed by atoms with Crippen molar-refractivity contribution in [3.8, 4) is 0 Å². The van der Waals surface area contributed by atoms with Crippen molar-refractivity contribution in [2.24, 2.45) is 0 Å². The molecule has 0 saturated heterocycles. The Hall–Kier alpha value is -1.57. The minimum Gasteiger partial charge on any atom is -0.242 e. The van der Waals surface area contributed by atoms with Crippen LogP contribution >= 0.6 is 22.6 Å². The molecule has 2 aromatic heterocycles. The molecule has 0 radical (unpaired) electrons. The lowest BCUT2D eigenvalue weighted by Gasteiger charge is -2.04. The van der Waals surface area contributed by atoms with Gasteiger partial charge in [-0.25, -0.2) is 18.4 Å². The molecule has 0 saturated carbocycles. The van der Waals surface area contributed by atoms with Gasteiger partial charge in [-0.05, 0) is 40.8 Å². The molecule has 6 heteroatoms. The number of halogens is 3. The highest BCUT2D eigenvalue weighted by molar-refractivity contribution is 14.1. The third kappa shape index (κ3) is 2.32. The largest absolute Gasteiger partial charge is 0.242 e. The molecule has 0 aliphatic rings. The molecule has 0 aliphatic heterocycles. The van der Waals surface area contributed by atoms with E-state index in [9.17, 15) is 8.78 Å². The Morgan fingerprint density at radius 2 is 2.05 bits per heavy atom. The van der Waals surface area contributed by atoms with Gasteiger partial charge >= 0.3 is 0 Å². The second-order valence-corrected chi connectivity index (χ2v) is 5.08. The Labute approximate surface area is 121 Å². The molecule has 3 rings (SSSR count). The standard InChI is InChI=1S/C13H8F2IN3/c14-9-4-3-8(11(15)6-9)7-19-13-10(12(16)18-19)2-1-5-17-13/h1-6H,7H2. The van der Waals surface area contributed by atoms with Gasteiger partial charge in [0, 0.05) is 17.8 Å². The van der Waals surface area contributed by atoms with Crippen LogP contribution in [-0.4, -0.2) is 14.8 Å². The first-order valence-electron chi connectivity index (χ1n) is 5.56. The third-order valence-electron chi connectivity index (χ3n) is 2.80. The van der Waals surface area contributed by atoms with Crippen LogP contribution in [0.2, 0.25) is 0 Å². The van der Waals surface area contributed by atoms with Crippen LogP contribution in [0.25, 0.3) is 11.0 Å². The van der Waals surface area contributed by atoms with Gasteiger partial charge in [0.25, 0.3) is 0 Å². The fourth-order valence-corrected chi connectivity index (χ4v) is 2.57. The van der Waals surface area contributed by atoms with E-state index in [1.54, 1.807) is 10.9 Å². The van der Waals surface area contributed by atoms with E-state index in [1.165, 1.54) is 12.1 Å². The molecule has 0 bridgehead atoms.